The largest absolute Gasteiger partial charge is 0.412 e. The number of thiocarbonyl (C=S) groups is 2. The second-order valence-corrected chi connectivity index (χ2v) is 6.37. The van der Waals surface area contributed by atoms with E-state index in [1.807, 2.05) is 0 Å². The van der Waals surface area contributed by atoms with Gasteiger partial charge in [0.25, 0.3) is 0 Å². The smallest absolute Gasteiger partial charge is 0.0160 e. The molecule has 0 saturated heterocycles. The highest BCUT2D eigenvalue weighted by Crippen LogP contribution is 2.27. The van der Waals surface area contributed by atoms with Crippen molar-refractivity contribution in [1.82, 2.24) is 22.9 Å². The molecule has 1 fully saturated rings. The van der Waals surface area contributed by atoms with Crippen LogP contribution in [0.1, 0.15) is 25.7 Å². The monoisotopic (exact) mass is 328 g/mol. The summed E-state index contributed by atoms with van der Waals surface area (Å²) in [6.45, 7) is 1.86. The van der Waals surface area contributed by atoms with Crippen molar-refractivity contribution in [3.05, 3.63) is 0 Å². The van der Waals surface area contributed by atoms with Gasteiger partial charge >= 0.3 is 0 Å². The van der Waals surface area contributed by atoms with E-state index in [0.717, 1.165) is 13.1 Å². The fraction of sp³-hybridized carbons (Fsp3) is 0.800. The van der Waals surface area contributed by atoms with Crippen molar-refractivity contribution in [3.63, 3.8) is 0 Å². The predicted molar refractivity (Wildman–Crippen MR) is 93.3 cm³/mol. The molecule has 0 aromatic heterocycles. The van der Waals surface area contributed by atoms with Crippen molar-refractivity contribution in [2.45, 2.75) is 25.7 Å². The summed E-state index contributed by atoms with van der Waals surface area (Å²) in [6, 6.07) is 0. The van der Waals surface area contributed by atoms with Gasteiger partial charge in [0.2, 0.25) is 0 Å². The summed E-state index contributed by atoms with van der Waals surface area (Å²) in [5.41, 5.74) is 0. The average molecular weight is 329 g/mol. The first-order chi connectivity index (χ1) is 7.58. The third-order valence-electron chi connectivity index (χ3n) is 3.04. The quantitative estimate of drug-likeness (QED) is 0.467. The topological polar surface area (TPSA) is 97.1 Å². The zero-order valence-corrected chi connectivity index (χ0v) is 14.3. The molecule has 0 atom stereocenters. The Balaban J connectivity index is 0. The van der Waals surface area contributed by atoms with Gasteiger partial charge in [0, 0.05) is 13.1 Å². The minimum Gasteiger partial charge on any atom is -0.412 e. The van der Waals surface area contributed by atoms with Crippen molar-refractivity contribution in [2.24, 2.45) is 11.8 Å². The zero-order valence-electron chi connectivity index (χ0n) is 11.0. The van der Waals surface area contributed by atoms with Crippen LogP contribution in [-0.2, 0) is 25.3 Å². The van der Waals surface area contributed by atoms with E-state index in [9.17, 15) is 0 Å². The van der Waals surface area contributed by atoms with Crippen LogP contribution in [0.5, 0.6) is 0 Å². The van der Waals surface area contributed by atoms with E-state index in [-0.39, 0.29) is 12.3 Å². The Bertz CT molecular complexity index is 228. The van der Waals surface area contributed by atoms with Crippen molar-refractivity contribution in [3.8, 4) is 0 Å². The molecule has 18 heavy (non-hydrogen) atoms. The molecule has 0 spiro atoms. The lowest BCUT2D eigenvalue weighted by Crippen LogP contribution is -2.32. The van der Waals surface area contributed by atoms with Crippen LogP contribution in [0.4, 0.5) is 0 Å². The lowest BCUT2D eigenvalue weighted by molar-refractivity contribution is 0.275. The summed E-state index contributed by atoms with van der Waals surface area (Å²) in [7, 11) is 0. The summed E-state index contributed by atoms with van der Waals surface area (Å²) >= 11 is 19.3. The summed E-state index contributed by atoms with van der Waals surface area (Å²) in [6.07, 6.45) is 4.95. The van der Waals surface area contributed by atoms with Crippen LogP contribution in [0.15, 0.2) is 0 Å². The van der Waals surface area contributed by atoms with Gasteiger partial charge in [-0.3, -0.25) is 0 Å². The maximum Gasteiger partial charge on any atom is 0.0160 e. The number of nitrogens with one attached hydrogen (secondary N) is 2. The molecule has 1 aliphatic rings. The molecule has 0 aromatic carbocycles. The van der Waals surface area contributed by atoms with E-state index < -0.39 is 0 Å². The molecule has 1 aliphatic carbocycles. The van der Waals surface area contributed by atoms with Crippen LogP contribution in [0.2, 0.25) is 0 Å². The third-order valence-corrected chi connectivity index (χ3v) is 3.61. The Hall–Kier alpha value is 0.140. The molecule has 10 N–H and O–H groups in total. The van der Waals surface area contributed by atoms with Gasteiger partial charge < -0.3 is 72.6 Å². The Morgan fingerprint density at radius 2 is 1.11 bits per heavy atom. The Morgan fingerprint density at radius 1 is 0.833 bits per heavy atom. The summed E-state index contributed by atoms with van der Waals surface area (Å²) in [4.78, 5) is 0. The van der Waals surface area contributed by atoms with Crippen LogP contribution >= 0.6 is 24.4 Å². The molecular formula is C10H24N4S4. The molecule has 1 rings (SSSR count). The van der Waals surface area contributed by atoms with Gasteiger partial charge in [0.05, 0.1) is 0 Å². The molecule has 0 radical (unpaired) electrons. The average Bonchev–Trinajstić information content (AvgIpc) is 2.25. The zero-order chi connectivity index (χ0) is 12.0. The summed E-state index contributed by atoms with van der Waals surface area (Å²) in [5, 5.41) is 6.15. The molecule has 0 aliphatic heterocycles. The van der Waals surface area contributed by atoms with Crippen molar-refractivity contribution >= 4 is 58.3 Å². The van der Waals surface area contributed by atoms with Gasteiger partial charge in [0.1, 0.15) is 0 Å². The first kappa shape index (κ1) is 20.5. The molecule has 0 aromatic rings. The predicted octanol–water partition coefficient (Wildman–Crippen LogP) is 2.39. The van der Waals surface area contributed by atoms with Crippen LogP contribution in [-0.4, -0.2) is 21.7 Å². The lowest BCUT2D eigenvalue weighted by atomic mass is 9.82. The highest BCUT2D eigenvalue weighted by atomic mass is 32.1. The summed E-state index contributed by atoms with van der Waals surface area (Å²) < 4.78 is 0.973. The van der Waals surface area contributed by atoms with E-state index >= 15 is 0 Å². The van der Waals surface area contributed by atoms with Gasteiger partial charge in [-0.1, -0.05) is 8.64 Å². The van der Waals surface area contributed by atoms with Gasteiger partial charge in [0.15, 0.2) is 0 Å². The van der Waals surface area contributed by atoms with Crippen LogP contribution in [0.25, 0.3) is 0 Å². The van der Waals surface area contributed by atoms with Crippen LogP contribution < -0.4 is 22.9 Å². The molecule has 8 heteroatoms. The van der Waals surface area contributed by atoms with Crippen molar-refractivity contribution < 1.29 is 0 Å². The maximum absolute atomic E-state index is 4.83. The minimum atomic E-state index is 0. The van der Waals surface area contributed by atoms with Gasteiger partial charge in [-0.25, -0.2) is 0 Å². The molecule has 1 saturated carbocycles. The van der Waals surface area contributed by atoms with Gasteiger partial charge in [-0.05, 0) is 37.5 Å². The molecule has 0 heterocycles. The van der Waals surface area contributed by atoms with E-state index in [1.54, 1.807) is 0 Å². The molecule has 4 nitrogen and oxygen atoms in total. The van der Waals surface area contributed by atoms with Crippen molar-refractivity contribution in [2.75, 3.05) is 13.1 Å². The van der Waals surface area contributed by atoms with E-state index in [2.05, 4.69) is 10.6 Å². The third kappa shape index (κ3) is 9.12. The Morgan fingerprint density at radius 3 is 1.33 bits per heavy atom. The highest BCUT2D eigenvalue weighted by Gasteiger charge is 2.20. The number of hydrogen-bond donors (Lipinski definition) is 4. The first-order valence-electron chi connectivity index (χ1n) is 5.47. The van der Waals surface area contributed by atoms with E-state index in [4.69, 9.17) is 49.7 Å². The Kier molecular flexibility index (Phi) is 12.5. The fourth-order valence-corrected chi connectivity index (χ4v) is 2.43. The number of hydrogen-bond acceptors (Lipinski definition) is 4. The van der Waals surface area contributed by atoms with E-state index in [0.29, 0.717) is 20.5 Å². The Labute approximate surface area is 131 Å². The second-order valence-electron chi connectivity index (χ2n) is 4.22. The standard InChI is InChI=1S/C10H18N2S4.2H3N/c13-9(14)11-5-7-1-2-8(4-3-7)6-12-10(15)16;;/h7-8H,1-6H2,(H2,11,13,14)(H2,12,15,16);2*1H3. The second kappa shape index (κ2) is 11.0. The highest BCUT2D eigenvalue weighted by molar-refractivity contribution is 8.00. The SMILES string of the molecule is S=C([S-])NCC1CCC(CNC(=S)[S-])CC1.[NH4+].[NH4+]. The van der Waals surface area contributed by atoms with Crippen LogP contribution in [0.3, 0.4) is 0 Å². The number of quaternary nitrogens is 2. The fourth-order valence-electron chi connectivity index (χ4n) is 2.10. The van der Waals surface area contributed by atoms with Gasteiger partial charge in [-0.2, -0.15) is 0 Å². The molecule has 0 bridgehead atoms. The summed E-state index contributed by atoms with van der Waals surface area (Å²) in [5.74, 6) is 1.43. The van der Waals surface area contributed by atoms with E-state index in [1.165, 1.54) is 25.7 Å². The molecule has 0 unspecified atom stereocenters. The number of rotatable bonds is 4. The van der Waals surface area contributed by atoms with Crippen molar-refractivity contribution in [1.29, 1.82) is 0 Å². The molecule has 0 amide bonds. The van der Waals surface area contributed by atoms with Crippen LogP contribution in [0, 0.1) is 11.8 Å². The first-order valence-corrected chi connectivity index (χ1v) is 7.11. The normalized spacial score (nSPS) is 22.0. The molecule has 108 valence electrons. The molecular weight excluding hydrogens is 304 g/mol. The van der Waals surface area contributed by atoms with Gasteiger partial charge in [-0.15, -0.1) is 0 Å². The minimum absolute atomic E-state index is 0. The lowest BCUT2D eigenvalue weighted by Gasteiger charge is -2.30. The maximum atomic E-state index is 4.83.